The highest BCUT2D eigenvalue weighted by molar-refractivity contribution is 5.94. The third-order valence-electron chi connectivity index (χ3n) is 4.01. The molecule has 1 aromatic carbocycles. The molecule has 5 heteroatoms. The third-order valence-corrected chi connectivity index (χ3v) is 4.01. The molecule has 2 N–H and O–H groups in total. The van der Waals surface area contributed by atoms with Gasteiger partial charge in [-0.15, -0.1) is 0 Å². The maximum atomic E-state index is 14.1. The Morgan fingerprint density at radius 3 is 2.62 bits per heavy atom. The van der Waals surface area contributed by atoms with Gasteiger partial charge in [-0.05, 0) is 43.2 Å². The van der Waals surface area contributed by atoms with E-state index in [1.807, 2.05) is 12.1 Å². The van der Waals surface area contributed by atoms with Crippen molar-refractivity contribution < 1.29 is 14.3 Å². The number of hydrogen-bond acceptors (Lipinski definition) is 2. The van der Waals surface area contributed by atoms with Crippen LogP contribution in [-0.4, -0.2) is 28.7 Å². The molecular formula is C16H17FN2O2. The summed E-state index contributed by atoms with van der Waals surface area (Å²) in [4.78, 5) is 12.0. The van der Waals surface area contributed by atoms with E-state index in [9.17, 15) is 14.3 Å². The minimum Gasteiger partial charge on any atom is -0.396 e. The number of aromatic nitrogens is 1. The summed E-state index contributed by atoms with van der Waals surface area (Å²) in [5.41, 5.74) is 0.543. The minimum atomic E-state index is -0.442. The van der Waals surface area contributed by atoms with E-state index in [0.29, 0.717) is 12.2 Å². The summed E-state index contributed by atoms with van der Waals surface area (Å²) >= 11 is 0. The molecule has 4 nitrogen and oxygen atoms in total. The van der Waals surface area contributed by atoms with Crippen LogP contribution in [0, 0.1) is 11.2 Å². The number of amides is 1. The second kappa shape index (κ2) is 5.33. The fourth-order valence-corrected chi connectivity index (χ4v) is 2.29. The number of carbonyl (C=O) groups excluding carboxylic acids is 1. The van der Waals surface area contributed by atoms with Gasteiger partial charge in [0.25, 0.3) is 5.91 Å². The van der Waals surface area contributed by atoms with Gasteiger partial charge in [0, 0.05) is 29.9 Å². The molecule has 2 aromatic rings. The highest BCUT2D eigenvalue weighted by atomic mass is 19.1. The van der Waals surface area contributed by atoms with Crippen molar-refractivity contribution in [3.63, 3.8) is 0 Å². The van der Waals surface area contributed by atoms with E-state index < -0.39 is 5.82 Å². The van der Waals surface area contributed by atoms with Gasteiger partial charge in [-0.25, -0.2) is 4.39 Å². The van der Waals surface area contributed by atoms with E-state index in [4.69, 9.17) is 0 Å². The second-order valence-corrected chi connectivity index (χ2v) is 5.60. The van der Waals surface area contributed by atoms with Crippen LogP contribution >= 0.6 is 0 Å². The Bertz CT molecular complexity index is 648. The van der Waals surface area contributed by atoms with Crippen molar-refractivity contribution in [2.75, 3.05) is 13.2 Å². The summed E-state index contributed by atoms with van der Waals surface area (Å²) in [5, 5.41) is 12.0. The maximum absolute atomic E-state index is 14.1. The minimum absolute atomic E-state index is 0.0776. The highest BCUT2D eigenvalue weighted by Gasteiger charge is 2.42. The molecule has 1 aliphatic rings. The van der Waals surface area contributed by atoms with Gasteiger partial charge in [-0.2, -0.15) is 0 Å². The van der Waals surface area contributed by atoms with Crippen molar-refractivity contribution in [1.82, 2.24) is 9.88 Å². The summed E-state index contributed by atoms with van der Waals surface area (Å²) in [6.45, 7) is 0.511. The Morgan fingerprint density at radius 2 is 2.05 bits per heavy atom. The van der Waals surface area contributed by atoms with Gasteiger partial charge in [-0.1, -0.05) is 0 Å². The molecule has 1 aliphatic carbocycles. The number of hydrogen-bond donors (Lipinski definition) is 2. The number of nitrogens with zero attached hydrogens (tertiary/aromatic N) is 1. The lowest BCUT2D eigenvalue weighted by Gasteiger charge is -2.13. The summed E-state index contributed by atoms with van der Waals surface area (Å²) in [6, 6.07) is 8.05. The third kappa shape index (κ3) is 2.83. The van der Waals surface area contributed by atoms with Gasteiger partial charge in [0.2, 0.25) is 0 Å². The lowest BCUT2D eigenvalue weighted by Crippen LogP contribution is -2.31. The van der Waals surface area contributed by atoms with Gasteiger partial charge in [0.15, 0.2) is 0 Å². The van der Waals surface area contributed by atoms with Gasteiger partial charge in [-0.3, -0.25) is 4.79 Å². The molecule has 0 radical (unpaired) electrons. The van der Waals surface area contributed by atoms with Crippen LogP contribution in [0.5, 0.6) is 0 Å². The van der Waals surface area contributed by atoms with Crippen molar-refractivity contribution in [2.45, 2.75) is 12.8 Å². The average Bonchev–Trinajstić information content (AvgIpc) is 3.08. The Labute approximate surface area is 122 Å². The Balaban J connectivity index is 1.71. The summed E-state index contributed by atoms with van der Waals surface area (Å²) in [5.74, 6) is -0.755. The van der Waals surface area contributed by atoms with Crippen LogP contribution in [0.4, 0.5) is 4.39 Å². The molecule has 0 saturated heterocycles. The Morgan fingerprint density at radius 1 is 1.33 bits per heavy atom. The zero-order chi connectivity index (χ0) is 14.9. The second-order valence-electron chi connectivity index (χ2n) is 5.60. The smallest absolute Gasteiger partial charge is 0.251 e. The number of nitrogens with one attached hydrogen (secondary N) is 1. The summed E-state index contributed by atoms with van der Waals surface area (Å²) < 4.78 is 15.7. The van der Waals surface area contributed by atoms with E-state index in [-0.39, 0.29) is 23.5 Å². The summed E-state index contributed by atoms with van der Waals surface area (Å²) in [6.07, 6.45) is 5.34. The fourth-order valence-electron chi connectivity index (χ4n) is 2.29. The zero-order valence-electron chi connectivity index (χ0n) is 11.6. The lowest BCUT2D eigenvalue weighted by molar-refractivity contribution is 0.0935. The van der Waals surface area contributed by atoms with Crippen molar-refractivity contribution >= 4 is 5.91 Å². The Hall–Kier alpha value is -2.14. The first-order valence-electron chi connectivity index (χ1n) is 6.96. The molecular weight excluding hydrogens is 271 g/mol. The molecule has 1 aromatic heterocycles. The molecule has 21 heavy (non-hydrogen) atoms. The zero-order valence-corrected chi connectivity index (χ0v) is 11.6. The molecule has 0 atom stereocenters. The fraction of sp³-hybridized carbons (Fsp3) is 0.312. The highest BCUT2D eigenvalue weighted by Crippen LogP contribution is 2.44. The molecule has 0 aliphatic heterocycles. The van der Waals surface area contributed by atoms with Crippen LogP contribution in [0.2, 0.25) is 0 Å². The van der Waals surface area contributed by atoms with E-state index in [2.05, 4.69) is 5.32 Å². The molecule has 3 rings (SSSR count). The topological polar surface area (TPSA) is 54.3 Å². The SMILES string of the molecule is O=C(NCC1(CO)CC1)c1ccc(-n2cccc2)c(F)c1. The number of benzene rings is 1. The maximum Gasteiger partial charge on any atom is 0.251 e. The predicted molar refractivity (Wildman–Crippen MR) is 76.8 cm³/mol. The van der Waals surface area contributed by atoms with Gasteiger partial charge < -0.3 is 15.0 Å². The molecule has 1 amide bonds. The summed E-state index contributed by atoms with van der Waals surface area (Å²) in [7, 11) is 0. The van der Waals surface area contributed by atoms with Gasteiger partial charge >= 0.3 is 0 Å². The predicted octanol–water partition coefficient (Wildman–Crippen LogP) is 2.12. The van der Waals surface area contributed by atoms with Crippen molar-refractivity contribution in [1.29, 1.82) is 0 Å². The number of carbonyl (C=O) groups is 1. The van der Waals surface area contributed by atoms with Crippen LogP contribution in [0.1, 0.15) is 23.2 Å². The Kier molecular flexibility index (Phi) is 3.51. The van der Waals surface area contributed by atoms with Crippen LogP contribution in [0.3, 0.4) is 0 Å². The van der Waals surface area contributed by atoms with Crippen LogP contribution in [0.25, 0.3) is 5.69 Å². The molecule has 0 spiro atoms. The van der Waals surface area contributed by atoms with Gasteiger partial charge in [0.1, 0.15) is 5.82 Å². The standard InChI is InChI=1S/C16H17FN2O2/c17-13-9-12(3-4-14(13)19-7-1-2-8-19)15(21)18-10-16(11-20)5-6-16/h1-4,7-9,20H,5-6,10-11H2,(H,18,21). The lowest BCUT2D eigenvalue weighted by atomic mass is 10.1. The average molecular weight is 288 g/mol. The van der Waals surface area contributed by atoms with Crippen LogP contribution < -0.4 is 5.32 Å². The molecule has 1 heterocycles. The molecule has 110 valence electrons. The van der Waals surface area contributed by atoms with Crippen molar-refractivity contribution in [3.8, 4) is 5.69 Å². The van der Waals surface area contributed by atoms with Gasteiger partial charge in [0.05, 0.1) is 12.3 Å². The molecule has 1 saturated carbocycles. The van der Waals surface area contributed by atoms with E-state index in [1.165, 1.54) is 6.07 Å². The molecule has 0 unspecified atom stereocenters. The monoisotopic (exact) mass is 288 g/mol. The quantitative estimate of drug-likeness (QED) is 0.885. The number of aliphatic hydroxyl groups excluding tert-OH is 1. The first-order chi connectivity index (χ1) is 10.1. The number of halogens is 1. The van der Waals surface area contributed by atoms with E-state index >= 15 is 0 Å². The van der Waals surface area contributed by atoms with E-state index in [1.54, 1.807) is 29.1 Å². The van der Waals surface area contributed by atoms with Crippen LogP contribution in [-0.2, 0) is 0 Å². The first kappa shape index (κ1) is 13.8. The van der Waals surface area contributed by atoms with E-state index in [0.717, 1.165) is 12.8 Å². The number of aliphatic hydroxyl groups is 1. The number of rotatable bonds is 5. The largest absolute Gasteiger partial charge is 0.396 e. The van der Waals surface area contributed by atoms with Crippen molar-refractivity contribution in [2.24, 2.45) is 5.41 Å². The first-order valence-corrected chi connectivity index (χ1v) is 6.96. The van der Waals surface area contributed by atoms with Crippen LogP contribution in [0.15, 0.2) is 42.7 Å². The molecule has 1 fully saturated rings. The molecule has 0 bridgehead atoms. The normalized spacial score (nSPS) is 15.7. The van der Waals surface area contributed by atoms with Crippen molar-refractivity contribution in [3.05, 3.63) is 54.1 Å².